The van der Waals surface area contributed by atoms with E-state index >= 15 is 0 Å². The van der Waals surface area contributed by atoms with Gasteiger partial charge in [0, 0.05) is 44.8 Å². The van der Waals surface area contributed by atoms with Crippen molar-refractivity contribution in [2.45, 2.75) is 6.42 Å². The van der Waals surface area contributed by atoms with Crippen molar-refractivity contribution in [2.75, 3.05) is 44.7 Å². The molecule has 1 amide bonds. The number of hydrogen-bond acceptors (Lipinski definition) is 5. The first kappa shape index (κ1) is 18.9. The number of rotatable bonds is 7. The quantitative estimate of drug-likeness (QED) is 0.604. The van der Waals surface area contributed by atoms with Crippen LogP contribution in [0, 0.1) is 0 Å². The minimum atomic E-state index is -0.0646. The number of carbonyl (C=O) groups excluding carboxylic acids is 1. The molecule has 1 aliphatic heterocycles. The molecule has 1 saturated heterocycles. The molecule has 1 aliphatic rings. The number of methoxy groups -OCH3 is 1. The molecular formula is C21H26N4O2. The monoisotopic (exact) mass is 366 g/mol. The van der Waals surface area contributed by atoms with Crippen LogP contribution < -0.4 is 15.1 Å². The van der Waals surface area contributed by atoms with E-state index in [-0.39, 0.29) is 5.91 Å². The summed E-state index contributed by atoms with van der Waals surface area (Å²) in [5.41, 5.74) is 4.77. The molecule has 2 aromatic carbocycles. The second-order valence-electron chi connectivity index (χ2n) is 6.48. The lowest BCUT2D eigenvalue weighted by Crippen LogP contribution is -2.47. The van der Waals surface area contributed by atoms with E-state index in [9.17, 15) is 4.79 Å². The number of para-hydroxylation sites is 1. The Morgan fingerprint density at radius 2 is 1.78 bits per heavy atom. The Kier molecular flexibility index (Phi) is 6.82. The number of ether oxygens (including phenoxy) is 1. The minimum absolute atomic E-state index is 0.0646. The van der Waals surface area contributed by atoms with E-state index in [1.165, 1.54) is 5.69 Å². The second kappa shape index (κ2) is 9.73. The first-order chi connectivity index (χ1) is 13.2. The minimum Gasteiger partial charge on any atom is -0.497 e. The zero-order chi connectivity index (χ0) is 18.9. The summed E-state index contributed by atoms with van der Waals surface area (Å²) in [5, 5.41) is 4.02. The number of hydrazone groups is 1. The van der Waals surface area contributed by atoms with Crippen LogP contribution in [0.1, 0.15) is 12.0 Å². The molecule has 6 nitrogen and oxygen atoms in total. The predicted molar refractivity (Wildman–Crippen MR) is 108 cm³/mol. The molecule has 0 aliphatic carbocycles. The largest absolute Gasteiger partial charge is 0.497 e. The van der Waals surface area contributed by atoms with Crippen LogP contribution in [0.25, 0.3) is 0 Å². The van der Waals surface area contributed by atoms with Crippen LogP contribution in [-0.2, 0) is 4.79 Å². The summed E-state index contributed by atoms with van der Waals surface area (Å²) < 4.78 is 5.11. The van der Waals surface area contributed by atoms with Crippen LogP contribution in [0.15, 0.2) is 59.7 Å². The Morgan fingerprint density at radius 3 is 2.44 bits per heavy atom. The molecule has 27 heavy (non-hydrogen) atoms. The third-order valence-corrected chi connectivity index (χ3v) is 4.67. The van der Waals surface area contributed by atoms with E-state index in [0.717, 1.165) is 44.0 Å². The molecule has 0 aromatic heterocycles. The molecule has 0 bridgehead atoms. The van der Waals surface area contributed by atoms with Gasteiger partial charge in [0.1, 0.15) is 5.75 Å². The van der Waals surface area contributed by atoms with Gasteiger partial charge in [0.05, 0.1) is 13.3 Å². The molecule has 0 unspecified atom stereocenters. The van der Waals surface area contributed by atoms with Gasteiger partial charge in [-0.15, -0.1) is 0 Å². The summed E-state index contributed by atoms with van der Waals surface area (Å²) in [5.74, 6) is 0.730. The fraction of sp³-hybridized carbons (Fsp3) is 0.333. The summed E-state index contributed by atoms with van der Waals surface area (Å²) in [6, 6.07) is 18.0. The molecule has 142 valence electrons. The molecule has 1 fully saturated rings. The molecule has 0 saturated carbocycles. The van der Waals surface area contributed by atoms with E-state index < -0.39 is 0 Å². The molecule has 0 atom stereocenters. The first-order valence-electron chi connectivity index (χ1n) is 9.23. The maximum atomic E-state index is 12.0. The van der Waals surface area contributed by atoms with Gasteiger partial charge in [-0.2, -0.15) is 5.10 Å². The Balaban J connectivity index is 1.35. The fourth-order valence-corrected chi connectivity index (χ4v) is 3.05. The third kappa shape index (κ3) is 5.82. The second-order valence-corrected chi connectivity index (χ2v) is 6.48. The Bertz CT molecular complexity index is 739. The van der Waals surface area contributed by atoms with E-state index in [4.69, 9.17) is 4.74 Å². The van der Waals surface area contributed by atoms with Crippen molar-refractivity contribution < 1.29 is 9.53 Å². The van der Waals surface area contributed by atoms with Crippen molar-refractivity contribution in [3.63, 3.8) is 0 Å². The zero-order valence-electron chi connectivity index (χ0n) is 15.7. The number of piperazine rings is 1. The zero-order valence-corrected chi connectivity index (χ0v) is 15.7. The summed E-state index contributed by atoms with van der Waals surface area (Å²) in [7, 11) is 1.63. The van der Waals surface area contributed by atoms with Crippen LogP contribution in [-0.4, -0.2) is 56.9 Å². The number of carbonyl (C=O) groups is 1. The van der Waals surface area contributed by atoms with Gasteiger partial charge in [-0.3, -0.25) is 9.69 Å². The Morgan fingerprint density at radius 1 is 1.07 bits per heavy atom. The average molecular weight is 366 g/mol. The lowest BCUT2D eigenvalue weighted by atomic mass is 10.2. The predicted octanol–water partition coefficient (Wildman–Crippen LogP) is 2.36. The van der Waals surface area contributed by atoms with Crippen molar-refractivity contribution in [1.82, 2.24) is 10.3 Å². The van der Waals surface area contributed by atoms with E-state index in [2.05, 4.69) is 44.6 Å². The number of hydrogen-bond donors (Lipinski definition) is 1. The van der Waals surface area contributed by atoms with Gasteiger partial charge >= 0.3 is 0 Å². The number of nitrogens with zero attached hydrogens (tertiary/aromatic N) is 3. The number of anilines is 1. The van der Waals surface area contributed by atoms with Gasteiger partial charge < -0.3 is 9.64 Å². The fourth-order valence-electron chi connectivity index (χ4n) is 3.05. The van der Waals surface area contributed by atoms with Crippen LogP contribution >= 0.6 is 0 Å². The van der Waals surface area contributed by atoms with Crippen LogP contribution in [0.5, 0.6) is 5.75 Å². The first-order valence-corrected chi connectivity index (χ1v) is 9.23. The highest BCUT2D eigenvalue weighted by Gasteiger charge is 2.17. The lowest BCUT2D eigenvalue weighted by molar-refractivity contribution is -0.121. The molecule has 2 aromatic rings. The van der Waals surface area contributed by atoms with Crippen molar-refractivity contribution in [3.05, 3.63) is 60.2 Å². The van der Waals surface area contributed by atoms with Crippen molar-refractivity contribution in [3.8, 4) is 5.75 Å². The highest BCUT2D eigenvalue weighted by molar-refractivity contribution is 5.82. The summed E-state index contributed by atoms with van der Waals surface area (Å²) in [6.07, 6.45) is 2.08. The SMILES string of the molecule is COc1ccc(C=NNC(=O)CCN2CCN(c3ccccc3)CC2)cc1. The number of nitrogens with one attached hydrogen (secondary N) is 1. The number of amides is 1. The maximum absolute atomic E-state index is 12.0. The molecule has 0 spiro atoms. The summed E-state index contributed by atoms with van der Waals surface area (Å²) in [6.45, 7) is 4.67. The van der Waals surface area contributed by atoms with Crippen LogP contribution in [0.2, 0.25) is 0 Å². The van der Waals surface area contributed by atoms with Crippen LogP contribution in [0.3, 0.4) is 0 Å². The Labute approximate surface area is 160 Å². The lowest BCUT2D eigenvalue weighted by Gasteiger charge is -2.36. The van der Waals surface area contributed by atoms with E-state index in [1.54, 1.807) is 13.3 Å². The molecular weight excluding hydrogens is 340 g/mol. The summed E-state index contributed by atoms with van der Waals surface area (Å²) >= 11 is 0. The average Bonchev–Trinajstić information content (AvgIpc) is 2.74. The van der Waals surface area contributed by atoms with Crippen molar-refractivity contribution in [1.29, 1.82) is 0 Å². The smallest absolute Gasteiger partial charge is 0.241 e. The van der Waals surface area contributed by atoms with E-state index in [1.807, 2.05) is 30.3 Å². The molecule has 0 radical (unpaired) electrons. The third-order valence-electron chi connectivity index (χ3n) is 4.67. The normalized spacial score (nSPS) is 15.1. The summed E-state index contributed by atoms with van der Waals surface area (Å²) in [4.78, 5) is 16.7. The maximum Gasteiger partial charge on any atom is 0.241 e. The number of benzene rings is 2. The molecule has 1 heterocycles. The van der Waals surface area contributed by atoms with Crippen molar-refractivity contribution >= 4 is 17.8 Å². The van der Waals surface area contributed by atoms with Gasteiger partial charge in [-0.1, -0.05) is 18.2 Å². The molecule has 1 N–H and O–H groups in total. The van der Waals surface area contributed by atoms with Gasteiger partial charge in [-0.25, -0.2) is 5.43 Å². The topological polar surface area (TPSA) is 57.2 Å². The highest BCUT2D eigenvalue weighted by atomic mass is 16.5. The van der Waals surface area contributed by atoms with E-state index in [0.29, 0.717) is 6.42 Å². The van der Waals surface area contributed by atoms with Crippen molar-refractivity contribution in [2.24, 2.45) is 5.10 Å². The van der Waals surface area contributed by atoms with Gasteiger partial charge in [0.15, 0.2) is 0 Å². The van der Waals surface area contributed by atoms with Gasteiger partial charge in [-0.05, 0) is 42.0 Å². The molecule has 3 rings (SSSR count). The Hall–Kier alpha value is -2.86. The molecule has 6 heteroatoms. The van der Waals surface area contributed by atoms with Gasteiger partial charge in [0.2, 0.25) is 5.91 Å². The van der Waals surface area contributed by atoms with Gasteiger partial charge in [0.25, 0.3) is 0 Å². The standard InChI is InChI=1S/C21H26N4O2/c1-27-20-9-7-18(8-10-20)17-22-23-21(26)11-12-24-13-15-25(16-14-24)19-5-3-2-4-6-19/h2-10,17H,11-16H2,1H3,(H,23,26). The van der Waals surface area contributed by atoms with Crippen LogP contribution in [0.4, 0.5) is 5.69 Å². The highest BCUT2D eigenvalue weighted by Crippen LogP contribution is 2.15.